The van der Waals surface area contributed by atoms with Gasteiger partial charge in [0.05, 0.1) is 21.9 Å². The van der Waals surface area contributed by atoms with Crippen molar-refractivity contribution in [1.82, 2.24) is 14.5 Å². The number of piperazine rings is 1. The first kappa shape index (κ1) is 18.5. The van der Waals surface area contributed by atoms with Gasteiger partial charge in [-0.1, -0.05) is 40.9 Å². The van der Waals surface area contributed by atoms with Crippen LogP contribution in [0.2, 0.25) is 15.1 Å². The maximum absolute atomic E-state index is 12.8. The average molecular weight is 424 g/mol. The van der Waals surface area contributed by atoms with Crippen molar-refractivity contribution in [3.63, 3.8) is 0 Å². The van der Waals surface area contributed by atoms with E-state index in [1.54, 1.807) is 6.07 Å². The van der Waals surface area contributed by atoms with Gasteiger partial charge in [0, 0.05) is 26.2 Å². The number of aromatic nitrogens is 2. The average Bonchev–Trinajstić information content (AvgIpc) is 2.60. The van der Waals surface area contributed by atoms with Crippen LogP contribution in [-0.4, -0.2) is 49.1 Å². The minimum atomic E-state index is -3.77. The number of halogens is 3. The van der Waals surface area contributed by atoms with E-state index in [1.165, 1.54) is 22.6 Å². The first-order valence-electron chi connectivity index (χ1n) is 7.24. The third-order valence-corrected chi connectivity index (χ3v) is 7.13. The number of nitrogens with one attached hydrogen (secondary N) is 1. The summed E-state index contributed by atoms with van der Waals surface area (Å²) in [6, 6.07) is 4.50. The van der Waals surface area contributed by atoms with Crippen molar-refractivity contribution in [2.45, 2.75) is 4.90 Å². The highest BCUT2D eigenvalue weighted by Gasteiger charge is 2.31. The van der Waals surface area contributed by atoms with E-state index in [9.17, 15) is 13.2 Å². The van der Waals surface area contributed by atoms with Gasteiger partial charge >= 0.3 is 0 Å². The highest BCUT2D eigenvalue weighted by Crippen LogP contribution is 2.31. The van der Waals surface area contributed by atoms with Crippen molar-refractivity contribution in [2.24, 2.45) is 0 Å². The minimum absolute atomic E-state index is 0.00781. The first-order chi connectivity index (χ1) is 11.8. The summed E-state index contributed by atoms with van der Waals surface area (Å²) in [5.74, 6) is 0. The Labute approximate surface area is 159 Å². The zero-order valence-electron chi connectivity index (χ0n) is 12.7. The number of hydrogen-bond acceptors (Lipinski definition) is 5. The number of benzene rings is 1. The second kappa shape index (κ2) is 7.13. The van der Waals surface area contributed by atoms with Crippen LogP contribution >= 0.6 is 34.8 Å². The third kappa shape index (κ3) is 3.50. The highest BCUT2D eigenvalue weighted by atomic mass is 35.5. The van der Waals surface area contributed by atoms with Gasteiger partial charge in [0.25, 0.3) is 5.56 Å². The summed E-state index contributed by atoms with van der Waals surface area (Å²) in [6.45, 7) is 1.16. The number of aromatic amines is 1. The van der Waals surface area contributed by atoms with E-state index in [0.717, 1.165) is 0 Å². The molecule has 0 saturated carbocycles. The predicted octanol–water partition coefficient (Wildman–Crippen LogP) is 2.24. The van der Waals surface area contributed by atoms with Crippen molar-refractivity contribution >= 4 is 50.5 Å². The molecule has 3 rings (SSSR count). The summed E-state index contributed by atoms with van der Waals surface area (Å²) in [7, 11) is -3.77. The number of nitrogens with zero attached hydrogens (tertiary/aromatic N) is 3. The smallest absolute Gasteiger partial charge is 0.285 e. The standard InChI is InChI=1S/C14H13Cl3N4O3S/c15-9-2-1-3-11(12(9)16)25(23,24)21-6-4-20(5-7-21)10-8-18-19-14(22)13(10)17/h1-3,8H,4-7H2,(H,19,22). The molecule has 2 aromatic rings. The highest BCUT2D eigenvalue weighted by molar-refractivity contribution is 7.89. The first-order valence-corrected chi connectivity index (χ1v) is 9.82. The molecule has 0 spiro atoms. The van der Waals surface area contributed by atoms with Crippen molar-refractivity contribution in [2.75, 3.05) is 31.1 Å². The third-order valence-electron chi connectivity index (χ3n) is 3.89. The summed E-state index contributed by atoms with van der Waals surface area (Å²) >= 11 is 18.0. The van der Waals surface area contributed by atoms with Crippen LogP contribution in [0.15, 0.2) is 34.1 Å². The lowest BCUT2D eigenvalue weighted by Gasteiger charge is -2.35. The monoisotopic (exact) mass is 422 g/mol. The van der Waals surface area contributed by atoms with Gasteiger partial charge in [-0.3, -0.25) is 4.79 Å². The lowest BCUT2D eigenvalue weighted by atomic mass is 10.3. The van der Waals surface area contributed by atoms with Gasteiger partial charge in [0.1, 0.15) is 9.92 Å². The van der Waals surface area contributed by atoms with Crippen LogP contribution in [0, 0.1) is 0 Å². The molecule has 7 nitrogen and oxygen atoms in total. The van der Waals surface area contributed by atoms with E-state index in [-0.39, 0.29) is 33.1 Å². The zero-order chi connectivity index (χ0) is 18.2. The van der Waals surface area contributed by atoms with Gasteiger partial charge in [-0.2, -0.15) is 9.40 Å². The van der Waals surface area contributed by atoms with Crippen LogP contribution < -0.4 is 10.5 Å². The van der Waals surface area contributed by atoms with Crippen LogP contribution in [0.1, 0.15) is 0 Å². The molecule has 134 valence electrons. The fraction of sp³-hybridized carbons (Fsp3) is 0.286. The zero-order valence-corrected chi connectivity index (χ0v) is 15.8. The Bertz CT molecular complexity index is 956. The Morgan fingerprint density at radius 3 is 2.40 bits per heavy atom. The molecular weight excluding hydrogens is 411 g/mol. The van der Waals surface area contributed by atoms with Crippen molar-refractivity contribution < 1.29 is 8.42 Å². The molecule has 0 unspecified atom stereocenters. The van der Waals surface area contributed by atoms with Gasteiger partial charge in [0.15, 0.2) is 0 Å². The number of H-pyrrole nitrogens is 1. The number of sulfonamides is 1. The lowest BCUT2D eigenvalue weighted by Crippen LogP contribution is -2.49. The van der Waals surface area contributed by atoms with Gasteiger partial charge in [-0.05, 0) is 12.1 Å². The number of anilines is 1. The van der Waals surface area contributed by atoms with Crippen LogP contribution in [0.4, 0.5) is 5.69 Å². The Balaban J connectivity index is 1.81. The van der Waals surface area contributed by atoms with Crippen LogP contribution in [0.25, 0.3) is 0 Å². The fourth-order valence-electron chi connectivity index (χ4n) is 2.59. The molecule has 0 atom stereocenters. The molecule has 1 aromatic carbocycles. The Hall–Kier alpha value is -1.32. The number of hydrogen-bond donors (Lipinski definition) is 1. The van der Waals surface area contributed by atoms with E-state index in [1.807, 2.05) is 4.90 Å². The maximum atomic E-state index is 12.8. The molecule has 1 saturated heterocycles. The van der Waals surface area contributed by atoms with Crippen LogP contribution in [0.3, 0.4) is 0 Å². The summed E-state index contributed by atoms with van der Waals surface area (Å²) in [5.41, 5.74) is -0.0109. The largest absolute Gasteiger partial charge is 0.366 e. The second-order valence-corrected chi connectivity index (χ2v) is 8.41. The summed E-state index contributed by atoms with van der Waals surface area (Å²) in [5, 5.41) is 6.20. The Kier molecular flexibility index (Phi) is 5.26. The van der Waals surface area contributed by atoms with E-state index < -0.39 is 15.6 Å². The van der Waals surface area contributed by atoms with Crippen molar-refractivity contribution in [3.05, 3.63) is 49.8 Å². The molecule has 2 heterocycles. The van der Waals surface area contributed by atoms with Crippen molar-refractivity contribution in [1.29, 1.82) is 0 Å². The SMILES string of the molecule is O=c1[nH]ncc(N2CCN(S(=O)(=O)c3cccc(Cl)c3Cl)CC2)c1Cl. The lowest BCUT2D eigenvalue weighted by molar-refractivity contribution is 0.384. The summed E-state index contributed by atoms with van der Waals surface area (Å²) < 4.78 is 26.9. The van der Waals surface area contributed by atoms with Gasteiger partial charge in [-0.15, -0.1) is 0 Å². The molecule has 1 aromatic heterocycles. The molecule has 1 fully saturated rings. The fourth-order valence-corrected chi connectivity index (χ4v) is 4.96. The molecule has 25 heavy (non-hydrogen) atoms. The van der Waals surface area contributed by atoms with Gasteiger partial charge < -0.3 is 4.90 Å². The van der Waals surface area contributed by atoms with E-state index >= 15 is 0 Å². The Morgan fingerprint density at radius 1 is 1.04 bits per heavy atom. The normalized spacial score (nSPS) is 16.2. The van der Waals surface area contributed by atoms with Crippen LogP contribution in [-0.2, 0) is 10.0 Å². The molecule has 0 aliphatic carbocycles. The van der Waals surface area contributed by atoms with Crippen molar-refractivity contribution in [3.8, 4) is 0 Å². The topological polar surface area (TPSA) is 86.4 Å². The molecule has 1 aliphatic rings. The quantitative estimate of drug-likeness (QED) is 0.818. The van der Waals surface area contributed by atoms with Gasteiger partial charge in [0.2, 0.25) is 10.0 Å². The maximum Gasteiger partial charge on any atom is 0.285 e. The second-order valence-electron chi connectivity index (χ2n) is 5.34. The number of rotatable bonds is 3. The predicted molar refractivity (Wildman–Crippen MR) is 97.3 cm³/mol. The molecular formula is C14H13Cl3N4O3S. The van der Waals surface area contributed by atoms with E-state index in [2.05, 4.69) is 10.2 Å². The van der Waals surface area contributed by atoms with Gasteiger partial charge in [-0.25, -0.2) is 13.5 Å². The molecule has 0 amide bonds. The summed E-state index contributed by atoms with van der Waals surface area (Å²) in [4.78, 5) is 13.3. The van der Waals surface area contributed by atoms with E-state index in [0.29, 0.717) is 18.8 Å². The molecule has 11 heteroatoms. The molecule has 1 aliphatic heterocycles. The van der Waals surface area contributed by atoms with E-state index in [4.69, 9.17) is 34.8 Å². The summed E-state index contributed by atoms with van der Waals surface area (Å²) in [6.07, 6.45) is 1.45. The molecule has 0 bridgehead atoms. The minimum Gasteiger partial charge on any atom is -0.366 e. The molecule has 0 radical (unpaired) electrons. The molecule has 1 N–H and O–H groups in total. The Morgan fingerprint density at radius 2 is 1.72 bits per heavy atom. The van der Waals surface area contributed by atoms with Crippen LogP contribution in [0.5, 0.6) is 0 Å².